The molecular weight excluding hydrogens is 199 g/mol. The van der Waals surface area contributed by atoms with Gasteiger partial charge in [-0.1, -0.05) is 0 Å². The Morgan fingerprint density at radius 2 is 2.33 bits per heavy atom. The number of nitrogens with two attached hydrogens (primary N) is 1. The van der Waals surface area contributed by atoms with Crippen molar-refractivity contribution in [2.24, 2.45) is 5.73 Å². The Balaban J connectivity index is 3.49. The Kier molecular flexibility index (Phi) is 3.37. The third-order valence-corrected chi connectivity index (χ3v) is 1.97. The number of esters is 1. The van der Waals surface area contributed by atoms with Gasteiger partial charge in [-0.05, 0) is 12.1 Å². The van der Waals surface area contributed by atoms with E-state index < -0.39 is 11.8 Å². The SMILES string of the molecule is COC(=O)c1c(C#N)ccc(F)c1CN. The highest BCUT2D eigenvalue weighted by Gasteiger charge is 2.19. The van der Waals surface area contributed by atoms with E-state index in [2.05, 4.69) is 4.74 Å². The molecule has 78 valence electrons. The molecule has 0 amide bonds. The summed E-state index contributed by atoms with van der Waals surface area (Å²) in [6, 6.07) is 4.12. The molecule has 0 unspecified atom stereocenters. The van der Waals surface area contributed by atoms with E-state index in [0.29, 0.717) is 0 Å². The Morgan fingerprint density at radius 1 is 1.67 bits per heavy atom. The first-order valence-electron chi connectivity index (χ1n) is 4.15. The van der Waals surface area contributed by atoms with Gasteiger partial charge in [0.2, 0.25) is 0 Å². The Labute approximate surface area is 86.1 Å². The van der Waals surface area contributed by atoms with E-state index in [1.54, 1.807) is 6.07 Å². The number of rotatable bonds is 2. The summed E-state index contributed by atoms with van der Waals surface area (Å²) in [5.41, 5.74) is 5.28. The molecule has 1 aromatic rings. The Morgan fingerprint density at radius 3 is 2.80 bits per heavy atom. The number of carbonyl (C=O) groups excluding carboxylic acids is 1. The molecule has 0 aliphatic rings. The molecule has 0 radical (unpaired) electrons. The second kappa shape index (κ2) is 4.53. The molecule has 4 nitrogen and oxygen atoms in total. The van der Waals surface area contributed by atoms with E-state index in [9.17, 15) is 9.18 Å². The summed E-state index contributed by atoms with van der Waals surface area (Å²) in [5.74, 6) is -1.37. The minimum Gasteiger partial charge on any atom is -0.465 e. The molecular formula is C10H9FN2O2. The van der Waals surface area contributed by atoms with E-state index in [4.69, 9.17) is 11.0 Å². The first-order chi connectivity index (χ1) is 7.15. The van der Waals surface area contributed by atoms with Gasteiger partial charge in [-0.2, -0.15) is 5.26 Å². The van der Waals surface area contributed by atoms with Crippen molar-refractivity contribution in [2.45, 2.75) is 6.54 Å². The van der Waals surface area contributed by atoms with Gasteiger partial charge in [0.25, 0.3) is 0 Å². The average Bonchev–Trinajstić information content (AvgIpc) is 2.27. The number of methoxy groups -OCH3 is 1. The molecule has 0 spiro atoms. The maximum atomic E-state index is 13.3. The first kappa shape index (κ1) is 11.1. The van der Waals surface area contributed by atoms with E-state index in [1.165, 1.54) is 6.07 Å². The number of nitrogens with zero attached hydrogens (tertiary/aromatic N) is 1. The smallest absolute Gasteiger partial charge is 0.339 e. The van der Waals surface area contributed by atoms with Crippen molar-refractivity contribution in [3.63, 3.8) is 0 Å². The van der Waals surface area contributed by atoms with Crippen LogP contribution >= 0.6 is 0 Å². The number of carbonyl (C=O) groups is 1. The molecule has 1 rings (SSSR count). The monoisotopic (exact) mass is 208 g/mol. The van der Waals surface area contributed by atoms with E-state index in [1.807, 2.05) is 0 Å². The van der Waals surface area contributed by atoms with Crippen LogP contribution in [0.3, 0.4) is 0 Å². The van der Waals surface area contributed by atoms with Crippen molar-refractivity contribution in [3.8, 4) is 6.07 Å². The molecule has 1 aromatic carbocycles. The van der Waals surface area contributed by atoms with Crippen LogP contribution in [0.5, 0.6) is 0 Å². The Bertz CT molecular complexity index is 438. The summed E-state index contributed by atoms with van der Waals surface area (Å²) in [6.07, 6.45) is 0. The van der Waals surface area contributed by atoms with Crippen molar-refractivity contribution >= 4 is 5.97 Å². The van der Waals surface area contributed by atoms with Crippen molar-refractivity contribution < 1.29 is 13.9 Å². The zero-order valence-electron chi connectivity index (χ0n) is 8.08. The lowest BCUT2D eigenvalue weighted by molar-refractivity contribution is 0.0598. The van der Waals surface area contributed by atoms with Gasteiger partial charge in [0.15, 0.2) is 0 Å². The number of halogens is 1. The fourth-order valence-corrected chi connectivity index (χ4v) is 1.25. The molecule has 0 saturated heterocycles. The van der Waals surface area contributed by atoms with Gasteiger partial charge >= 0.3 is 5.97 Å². The standard InChI is InChI=1S/C10H9FN2O2/c1-15-10(14)9-6(4-12)2-3-8(11)7(9)5-13/h2-3H,5,13H2,1H3. The van der Waals surface area contributed by atoms with Gasteiger partial charge < -0.3 is 10.5 Å². The molecule has 0 bridgehead atoms. The quantitative estimate of drug-likeness (QED) is 0.734. The minimum absolute atomic E-state index is 0.000833. The molecule has 0 aliphatic heterocycles. The molecule has 0 aliphatic carbocycles. The summed E-state index contributed by atoms with van der Waals surface area (Å²) in [4.78, 5) is 11.3. The van der Waals surface area contributed by atoms with Crippen LogP contribution in [0.1, 0.15) is 21.5 Å². The predicted octanol–water partition coefficient (Wildman–Crippen LogP) is 0.943. The van der Waals surface area contributed by atoms with Crippen molar-refractivity contribution in [3.05, 3.63) is 34.6 Å². The number of hydrogen-bond acceptors (Lipinski definition) is 4. The lowest BCUT2D eigenvalue weighted by Crippen LogP contribution is -2.13. The fraction of sp³-hybridized carbons (Fsp3) is 0.200. The molecule has 15 heavy (non-hydrogen) atoms. The van der Waals surface area contributed by atoms with Crippen LogP contribution in [-0.4, -0.2) is 13.1 Å². The zero-order valence-corrected chi connectivity index (χ0v) is 8.08. The van der Waals surface area contributed by atoms with Gasteiger partial charge in [-0.15, -0.1) is 0 Å². The van der Waals surface area contributed by atoms with Crippen LogP contribution in [0.4, 0.5) is 4.39 Å². The predicted molar refractivity (Wildman–Crippen MR) is 50.3 cm³/mol. The van der Waals surface area contributed by atoms with Gasteiger partial charge in [-0.25, -0.2) is 9.18 Å². The van der Waals surface area contributed by atoms with Crippen LogP contribution < -0.4 is 5.73 Å². The molecule has 0 aromatic heterocycles. The van der Waals surface area contributed by atoms with Crippen LogP contribution in [0.25, 0.3) is 0 Å². The summed E-state index contributed by atoms with van der Waals surface area (Å²) in [7, 11) is 1.16. The Hall–Kier alpha value is -1.93. The van der Waals surface area contributed by atoms with Crippen LogP contribution in [-0.2, 0) is 11.3 Å². The van der Waals surface area contributed by atoms with E-state index in [0.717, 1.165) is 13.2 Å². The normalized spacial score (nSPS) is 9.47. The second-order valence-electron chi connectivity index (χ2n) is 2.76. The van der Waals surface area contributed by atoms with E-state index >= 15 is 0 Å². The van der Waals surface area contributed by atoms with E-state index in [-0.39, 0.29) is 23.2 Å². The van der Waals surface area contributed by atoms with Gasteiger partial charge in [0, 0.05) is 12.1 Å². The van der Waals surface area contributed by atoms with Crippen LogP contribution in [0.2, 0.25) is 0 Å². The van der Waals surface area contributed by atoms with Crippen molar-refractivity contribution in [1.29, 1.82) is 5.26 Å². The van der Waals surface area contributed by atoms with Gasteiger partial charge in [0.1, 0.15) is 11.9 Å². The molecule has 2 N–H and O–H groups in total. The maximum absolute atomic E-state index is 13.3. The maximum Gasteiger partial charge on any atom is 0.339 e. The first-order valence-corrected chi connectivity index (χ1v) is 4.15. The number of nitriles is 1. The molecule has 0 heterocycles. The van der Waals surface area contributed by atoms with Crippen LogP contribution in [0, 0.1) is 17.1 Å². The minimum atomic E-state index is -0.758. The topological polar surface area (TPSA) is 76.1 Å². The summed E-state index contributed by atoms with van der Waals surface area (Å²) in [6.45, 7) is -0.161. The largest absolute Gasteiger partial charge is 0.465 e. The fourth-order valence-electron chi connectivity index (χ4n) is 1.25. The average molecular weight is 208 g/mol. The highest BCUT2D eigenvalue weighted by molar-refractivity contribution is 5.93. The molecule has 0 atom stereocenters. The second-order valence-corrected chi connectivity index (χ2v) is 2.76. The number of ether oxygens (including phenoxy) is 1. The van der Waals surface area contributed by atoms with Gasteiger partial charge in [0.05, 0.1) is 18.2 Å². The van der Waals surface area contributed by atoms with Gasteiger partial charge in [-0.3, -0.25) is 0 Å². The third kappa shape index (κ3) is 1.95. The highest BCUT2D eigenvalue weighted by Crippen LogP contribution is 2.18. The summed E-state index contributed by atoms with van der Waals surface area (Å²) >= 11 is 0. The van der Waals surface area contributed by atoms with Crippen molar-refractivity contribution in [2.75, 3.05) is 7.11 Å². The number of benzene rings is 1. The number of hydrogen-bond donors (Lipinski definition) is 1. The third-order valence-electron chi connectivity index (χ3n) is 1.97. The zero-order chi connectivity index (χ0) is 11.4. The lowest BCUT2D eigenvalue weighted by Gasteiger charge is -2.08. The molecule has 0 saturated carbocycles. The molecule has 5 heteroatoms. The van der Waals surface area contributed by atoms with Crippen molar-refractivity contribution in [1.82, 2.24) is 0 Å². The highest BCUT2D eigenvalue weighted by atomic mass is 19.1. The summed E-state index contributed by atoms with van der Waals surface area (Å²) < 4.78 is 17.7. The summed E-state index contributed by atoms with van der Waals surface area (Å²) in [5, 5.41) is 8.75. The molecule has 0 fully saturated rings. The van der Waals surface area contributed by atoms with Crippen LogP contribution in [0.15, 0.2) is 12.1 Å². The lowest BCUT2D eigenvalue weighted by atomic mass is 10.0.